The lowest BCUT2D eigenvalue weighted by Gasteiger charge is -2.47. The Hall–Kier alpha value is -3.91. The molecule has 42 heavy (non-hydrogen) atoms. The van der Waals surface area contributed by atoms with Crippen LogP contribution in [0.5, 0.6) is 0 Å². The van der Waals surface area contributed by atoms with Crippen LogP contribution in [-0.4, -0.2) is 52.3 Å². The molecule has 0 unspecified atom stereocenters. The maximum atomic E-state index is 14.1. The van der Waals surface area contributed by atoms with Crippen LogP contribution in [0.25, 0.3) is 5.69 Å². The van der Waals surface area contributed by atoms with E-state index in [1.54, 1.807) is 6.92 Å². The first-order valence-corrected chi connectivity index (χ1v) is 14.9. The number of sulfone groups is 1. The predicted molar refractivity (Wildman–Crippen MR) is 142 cm³/mol. The van der Waals surface area contributed by atoms with E-state index in [0.29, 0.717) is 36.0 Å². The van der Waals surface area contributed by atoms with E-state index >= 15 is 0 Å². The zero-order chi connectivity index (χ0) is 29.9. The molecule has 1 aliphatic carbocycles. The van der Waals surface area contributed by atoms with Gasteiger partial charge in [-0.15, -0.1) is 0 Å². The van der Waals surface area contributed by atoms with Gasteiger partial charge in [0.25, 0.3) is 0 Å². The van der Waals surface area contributed by atoms with E-state index in [9.17, 15) is 30.8 Å². The van der Waals surface area contributed by atoms with Gasteiger partial charge in [-0.25, -0.2) is 22.5 Å². The highest BCUT2D eigenvalue weighted by molar-refractivity contribution is 7.91. The lowest BCUT2D eigenvalue weighted by molar-refractivity contribution is -0.137. The first-order chi connectivity index (χ1) is 20.0. The summed E-state index contributed by atoms with van der Waals surface area (Å²) in [6, 6.07) is 8.51. The highest BCUT2D eigenvalue weighted by Crippen LogP contribution is 2.48. The van der Waals surface area contributed by atoms with Crippen LogP contribution in [0, 0.1) is 11.7 Å². The van der Waals surface area contributed by atoms with Crippen LogP contribution in [0.4, 0.5) is 17.6 Å². The van der Waals surface area contributed by atoms with Crippen LogP contribution < -0.4 is 5.32 Å². The number of aromatic nitrogens is 5. The highest BCUT2D eigenvalue weighted by Gasteiger charge is 2.51. The zero-order valence-electron chi connectivity index (χ0n) is 22.4. The van der Waals surface area contributed by atoms with Gasteiger partial charge < -0.3 is 5.32 Å². The molecule has 1 fully saturated rings. The van der Waals surface area contributed by atoms with E-state index in [4.69, 9.17) is 0 Å². The second-order valence-electron chi connectivity index (χ2n) is 10.6. The van der Waals surface area contributed by atoms with Crippen molar-refractivity contribution < 1.29 is 30.8 Å². The standard InChI is InChI=1S/C28H26F4N6O3S/c1-2-37-25(8-10-34-37)42(40,41)26-22-14-27(24-13-18(28(30,31)32)11-20(15-39)35-24)16-33-9-7-17(27)12-23(22)38(36-26)21-5-3-19(29)4-6-21/h3-6,8,10-11,13,15,17,33H,2,7,9,12,14,16H2,1H3/t17-,27-/m0/s1. The van der Waals surface area contributed by atoms with Crippen molar-refractivity contribution in [1.82, 2.24) is 29.9 Å². The molecule has 1 aliphatic heterocycles. The van der Waals surface area contributed by atoms with Crippen LogP contribution in [-0.2, 0) is 40.8 Å². The fraction of sp³-hybridized carbons (Fsp3) is 0.357. The van der Waals surface area contributed by atoms with Crippen molar-refractivity contribution in [3.63, 3.8) is 0 Å². The van der Waals surface area contributed by atoms with E-state index in [0.717, 1.165) is 6.07 Å². The number of aldehydes is 1. The first-order valence-electron chi connectivity index (χ1n) is 13.4. The Balaban J connectivity index is 1.60. The third-order valence-corrected chi connectivity index (χ3v) is 9.99. The zero-order valence-corrected chi connectivity index (χ0v) is 23.2. The number of halogens is 4. The molecule has 0 bridgehead atoms. The molecule has 0 amide bonds. The maximum Gasteiger partial charge on any atom is 0.416 e. The number of nitrogens with zero attached hydrogens (tertiary/aromatic N) is 5. The van der Waals surface area contributed by atoms with Crippen molar-refractivity contribution in [3.05, 3.63) is 82.7 Å². The number of alkyl halides is 3. The Morgan fingerprint density at radius 1 is 1.17 bits per heavy atom. The molecule has 2 atom stereocenters. The van der Waals surface area contributed by atoms with Crippen molar-refractivity contribution in [1.29, 1.82) is 0 Å². The number of hydrogen-bond donors (Lipinski definition) is 1. The van der Waals surface area contributed by atoms with E-state index in [-0.39, 0.29) is 59.6 Å². The smallest absolute Gasteiger partial charge is 0.316 e. The number of fused-ring (bicyclic) bond motifs is 2. The summed E-state index contributed by atoms with van der Waals surface area (Å²) in [5, 5.41) is 11.6. The lowest BCUT2D eigenvalue weighted by Crippen LogP contribution is -2.54. The molecule has 0 spiro atoms. The SMILES string of the molecule is CCn1nccc1S(=O)(=O)c1nn(-c2ccc(F)cc2)c2c1C[C@]1(c3cc(C(F)(F)F)cc(C=O)n3)CNCC[C@H]1C2. The summed E-state index contributed by atoms with van der Waals surface area (Å²) in [5.74, 6) is -0.729. The van der Waals surface area contributed by atoms with Gasteiger partial charge >= 0.3 is 6.18 Å². The van der Waals surface area contributed by atoms with E-state index in [1.165, 1.54) is 45.9 Å². The third kappa shape index (κ3) is 4.53. The monoisotopic (exact) mass is 602 g/mol. The quantitative estimate of drug-likeness (QED) is 0.263. The second-order valence-corrected chi connectivity index (χ2v) is 12.4. The van der Waals surface area contributed by atoms with Gasteiger partial charge in [0, 0.05) is 35.5 Å². The molecule has 2 aliphatic rings. The van der Waals surface area contributed by atoms with Crippen LogP contribution in [0.2, 0.25) is 0 Å². The van der Waals surface area contributed by atoms with Gasteiger partial charge in [0.1, 0.15) is 11.5 Å². The number of aryl methyl sites for hydroxylation is 1. The Morgan fingerprint density at radius 2 is 1.93 bits per heavy atom. The summed E-state index contributed by atoms with van der Waals surface area (Å²) >= 11 is 0. The molecular weight excluding hydrogens is 576 g/mol. The summed E-state index contributed by atoms with van der Waals surface area (Å²) in [5.41, 5.74) is -0.982. The summed E-state index contributed by atoms with van der Waals surface area (Å²) in [4.78, 5) is 16.0. The van der Waals surface area contributed by atoms with Crippen LogP contribution in [0.1, 0.15) is 46.3 Å². The maximum absolute atomic E-state index is 14.1. The molecule has 4 aromatic rings. The van der Waals surface area contributed by atoms with Crippen molar-refractivity contribution >= 4 is 16.1 Å². The Kier molecular flexibility index (Phi) is 6.80. The fourth-order valence-electron chi connectivity index (χ4n) is 6.23. The number of rotatable bonds is 6. The Labute approximate surface area is 238 Å². The van der Waals surface area contributed by atoms with E-state index in [2.05, 4.69) is 20.5 Å². The van der Waals surface area contributed by atoms with Crippen molar-refractivity contribution in [3.8, 4) is 5.69 Å². The van der Waals surface area contributed by atoms with Gasteiger partial charge in [-0.1, -0.05) is 0 Å². The van der Waals surface area contributed by atoms with E-state index in [1.807, 2.05) is 0 Å². The van der Waals surface area contributed by atoms with Crippen LogP contribution in [0.3, 0.4) is 0 Å². The van der Waals surface area contributed by atoms with Gasteiger partial charge in [0.15, 0.2) is 16.3 Å². The Bertz CT molecular complexity index is 1780. The molecule has 0 radical (unpaired) electrons. The molecular formula is C28H26F4N6O3S. The number of nitrogens with one attached hydrogen (secondary N) is 1. The van der Waals surface area contributed by atoms with Crippen molar-refractivity contribution in [2.24, 2.45) is 5.92 Å². The van der Waals surface area contributed by atoms with Crippen LogP contribution >= 0.6 is 0 Å². The summed E-state index contributed by atoms with van der Waals surface area (Å²) < 4.78 is 86.5. The molecule has 1 saturated heterocycles. The molecule has 0 saturated carbocycles. The molecule has 1 N–H and O–H groups in total. The number of carbonyl (C=O) groups excluding carboxylic acids is 1. The number of piperidine rings is 1. The van der Waals surface area contributed by atoms with Gasteiger partial charge in [0.2, 0.25) is 9.84 Å². The normalized spacial score (nSPS) is 20.6. The molecule has 6 rings (SSSR count). The van der Waals surface area contributed by atoms with E-state index < -0.39 is 32.8 Å². The summed E-state index contributed by atoms with van der Waals surface area (Å²) in [6.07, 6.45) is -2.23. The third-order valence-electron chi connectivity index (χ3n) is 8.26. The summed E-state index contributed by atoms with van der Waals surface area (Å²) in [7, 11) is -4.25. The Morgan fingerprint density at radius 3 is 2.62 bits per heavy atom. The first kappa shape index (κ1) is 28.2. The van der Waals surface area contributed by atoms with Gasteiger partial charge in [-0.2, -0.15) is 23.4 Å². The molecule has 9 nitrogen and oxygen atoms in total. The van der Waals surface area contributed by atoms with Crippen molar-refractivity contribution in [2.45, 2.75) is 54.4 Å². The molecule has 1 aromatic carbocycles. The molecule has 3 aromatic heterocycles. The molecule has 220 valence electrons. The average Bonchev–Trinajstić information content (AvgIpc) is 3.61. The van der Waals surface area contributed by atoms with Gasteiger partial charge in [0.05, 0.1) is 17.4 Å². The molecule has 14 heteroatoms. The topological polar surface area (TPSA) is 112 Å². The van der Waals surface area contributed by atoms with Crippen molar-refractivity contribution in [2.75, 3.05) is 13.1 Å². The minimum atomic E-state index is -4.72. The van der Waals surface area contributed by atoms with Crippen LogP contribution in [0.15, 0.2) is 58.7 Å². The average molecular weight is 603 g/mol. The number of hydrogen-bond acceptors (Lipinski definition) is 7. The fourth-order valence-corrected chi connectivity index (χ4v) is 7.83. The number of pyridine rings is 1. The van der Waals surface area contributed by atoms with Gasteiger partial charge in [-0.3, -0.25) is 9.48 Å². The highest BCUT2D eigenvalue weighted by atomic mass is 32.2. The molecule has 4 heterocycles. The largest absolute Gasteiger partial charge is 0.416 e. The lowest BCUT2D eigenvalue weighted by atomic mass is 9.61. The van der Waals surface area contributed by atoms with Gasteiger partial charge in [-0.05, 0) is 81.1 Å². The summed E-state index contributed by atoms with van der Waals surface area (Å²) in [6.45, 7) is 2.83. The predicted octanol–water partition coefficient (Wildman–Crippen LogP) is 3.93. The number of carbonyl (C=O) groups is 1. The minimum Gasteiger partial charge on any atom is -0.316 e. The second kappa shape index (κ2) is 10.1. The number of benzene rings is 1. The minimum absolute atomic E-state index is 0.00261.